The van der Waals surface area contributed by atoms with Crippen LogP contribution in [0.25, 0.3) is 11.3 Å². The largest absolute Gasteiger partial charge is 0.477 e. The average Bonchev–Trinajstić information content (AvgIpc) is 3.25. The van der Waals surface area contributed by atoms with E-state index in [1.54, 1.807) is 10.8 Å². The molecular weight excluding hydrogens is 275 g/mol. The van der Waals surface area contributed by atoms with Crippen molar-refractivity contribution in [3.8, 4) is 11.3 Å². The molecule has 2 aromatic heterocycles. The van der Waals surface area contributed by atoms with Crippen LogP contribution in [0.2, 0.25) is 0 Å². The second-order valence-corrected chi connectivity index (χ2v) is 5.22. The van der Waals surface area contributed by atoms with E-state index in [1.165, 1.54) is 18.3 Å². The maximum absolute atomic E-state index is 12.9. The van der Waals surface area contributed by atoms with Crippen molar-refractivity contribution in [1.82, 2.24) is 9.55 Å². The maximum atomic E-state index is 12.9. The van der Waals surface area contributed by atoms with Crippen molar-refractivity contribution in [3.63, 3.8) is 0 Å². The number of carbonyl (C=O) groups is 1. The van der Waals surface area contributed by atoms with E-state index in [0.717, 1.165) is 19.0 Å². The first-order valence-corrected chi connectivity index (χ1v) is 6.64. The lowest BCUT2D eigenvalue weighted by atomic mass is 10.1. The molecule has 0 aromatic carbocycles. The molecule has 108 valence electrons. The molecule has 0 unspecified atom stereocenters. The van der Waals surface area contributed by atoms with Crippen molar-refractivity contribution >= 4 is 5.97 Å². The Balaban J connectivity index is 2.12. The molecule has 2 heterocycles. The van der Waals surface area contributed by atoms with E-state index in [9.17, 15) is 14.0 Å². The van der Waals surface area contributed by atoms with E-state index in [-0.39, 0.29) is 16.8 Å². The minimum Gasteiger partial charge on any atom is -0.477 e. The first kappa shape index (κ1) is 13.5. The number of hydrogen-bond acceptors (Lipinski definition) is 3. The molecule has 2 aromatic rings. The van der Waals surface area contributed by atoms with Crippen LogP contribution in [0, 0.1) is 11.7 Å². The molecule has 0 radical (unpaired) electrons. The summed E-state index contributed by atoms with van der Waals surface area (Å²) in [6, 6.07) is 2.57. The van der Waals surface area contributed by atoms with E-state index in [4.69, 9.17) is 5.11 Å². The molecule has 5 nitrogen and oxygen atoms in total. The summed E-state index contributed by atoms with van der Waals surface area (Å²) in [5.74, 6) is -1.25. The summed E-state index contributed by atoms with van der Waals surface area (Å²) in [7, 11) is 0. The van der Waals surface area contributed by atoms with Crippen LogP contribution >= 0.6 is 0 Å². The summed E-state index contributed by atoms with van der Waals surface area (Å²) in [4.78, 5) is 27.3. The van der Waals surface area contributed by atoms with Gasteiger partial charge in [-0.1, -0.05) is 0 Å². The third-order valence-corrected chi connectivity index (χ3v) is 3.48. The highest BCUT2D eigenvalue weighted by Crippen LogP contribution is 2.30. The fraction of sp³-hybridized carbons (Fsp3) is 0.267. The fourth-order valence-corrected chi connectivity index (χ4v) is 2.21. The van der Waals surface area contributed by atoms with E-state index in [2.05, 4.69) is 4.98 Å². The van der Waals surface area contributed by atoms with Crippen molar-refractivity contribution in [2.45, 2.75) is 19.4 Å². The molecule has 6 heteroatoms. The van der Waals surface area contributed by atoms with E-state index in [1.807, 2.05) is 0 Å². The minimum atomic E-state index is -1.27. The van der Waals surface area contributed by atoms with Crippen molar-refractivity contribution in [2.24, 2.45) is 5.92 Å². The molecule has 0 aliphatic heterocycles. The molecule has 3 rings (SSSR count). The highest BCUT2D eigenvalue weighted by Gasteiger charge is 2.23. The number of hydrogen-bond donors (Lipinski definition) is 1. The lowest BCUT2D eigenvalue weighted by Gasteiger charge is -2.10. The Kier molecular flexibility index (Phi) is 3.29. The van der Waals surface area contributed by atoms with Gasteiger partial charge < -0.3 is 9.67 Å². The van der Waals surface area contributed by atoms with Gasteiger partial charge in [-0.3, -0.25) is 9.78 Å². The summed E-state index contributed by atoms with van der Waals surface area (Å²) in [5.41, 5.74) is -0.447. The van der Waals surface area contributed by atoms with Crippen LogP contribution < -0.4 is 5.43 Å². The molecule has 0 bridgehead atoms. The second-order valence-electron chi connectivity index (χ2n) is 5.22. The smallest absolute Gasteiger partial charge is 0.341 e. The standard InChI is InChI=1S/C15H13FN2O3/c16-10-3-4-13(17-5-10)11-7-18(6-9-1-2-9)8-12(14(11)19)15(20)21/h3-5,7-9H,1-2,6H2,(H,20,21). The monoisotopic (exact) mass is 288 g/mol. The second kappa shape index (κ2) is 5.12. The quantitative estimate of drug-likeness (QED) is 0.935. The maximum Gasteiger partial charge on any atom is 0.341 e. The van der Waals surface area contributed by atoms with Crippen molar-refractivity contribution < 1.29 is 14.3 Å². The van der Waals surface area contributed by atoms with Crippen LogP contribution in [0.1, 0.15) is 23.2 Å². The predicted octanol–water partition coefficient (Wildman–Crippen LogP) is 2.16. The van der Waals surface area contributed by atoms with Gasteiger partial charge in [-0.2, -0.15) is 0 Å². The van der Waals surface area contributed by atoms with Crippen LogP contribution in [0.5, 0.6) is 0 Å². The van der Waals surface area contributed by atoms with Gasteiger partial charge in [0, 0.05) is 18.9 Å². The van der Waals surface area contributed by atoms with Gasteiger partial charge in [0.25, 0.3) is 0 Å². The molecule has 21 heavy (non-hydrogen) atoms. The number of halogens is 1. The lowest BCUT2D eigenvalue weighted by molar-refractivity contribution is 0.0694. The Hall–Kier alpha value is -2.50. The van der Waals surface area contributed by atoms with Gasteiger partial charge in [-0.25, -0.2) is 9.18 Å². The number of rotatable bonds is 4. The Morgan fingerprint density at radius 1 is 1.38 bits per heavy atom. The molecule has 1 fully saturated rings. The van der Waals surface area contributed by atoms with Crippen molar-refractivity contribution in [1.29, 1.82) is 0 Å². The third kappa shape index (κ3) is 2.84. The Morgan fingerprint density at radius 2 is 2.14 bits per heavy atom. The van der Waals surface area contributed by atoms with Crippen LogP contribution in [-0.4, -0.2) is 20.6 Å². The van der Waals surface area contributed by atoms with Gasteiger partial charge in [0.05, 0.1) is 17.5 Å². The van der Waals surface area contributed by atoms with Crippen LogP contribution in [0.15, 0.2) is 35.5 Å². The van der Waals surface area contributed by atoms with E-state index in [0.29, 0.717) is 12.5 Å². The molecule has 0 spiro atoms. The highest BCUT2D eigenvalue weighted by atomic mass is 19.1. The van der Waals surface area contributed by atoms with Gasteiger partial charge in [-0.05, 0) is 30.9 Å². The average molecular weight is 288 g/mol. The molecule has 1 N–H and O–H groups in total. The Bertz CT molecular complexity index is 749. The number of aromatic carboxylic acids is 1. The predicted molar refractivity (Wildman–Crippen MR) is 73.6 cm³/mol. The topological polar surface area (TPSA) is 72.2 Å². The summed E-state index contributed by atoms with van der Waals surface area (Å²) in [5, 5.41) is 9.16. The van der Waals surface area contributed by atoms with E-state index < -0.39 is 17.2 Å². The zero-order chi connectivity index (χ0) is 15.0. The van der Waals surface area contributed by atoms with Gasteiger partial charge in [0.1, 0.15) is 11.4 Å². The molecule has 0 atom stereocenters. The normalized spacial score (nSPS) is 14.1. The number of nitrogens with zero attached hydrogens (tertiary/aromatic N) is 2. The van der Waals surface area contributed by atoms with E-state index >= 15 is 0 Å². The van der Waals surface area contributed by atoms with Gasteiger partial charge >= 0.3 is 5.97 Å². The number of pyridine rings is 2. The third-order valence-electron chi connectivity index (χ3n) is 3.48. The zero-order valence-corrected chi connectivity index (χ0v) is 11.1. The summed E-state index contributed by atoms with van der Waals surface area (Å²) in [6.45, 7) is 0.675. The van der Waals surface area contributed by atoms with Gasteiger partial charge in [0.15, 0.2) is 0 Å². The van der Waals surface area contributed by atoms with Crippen molar-refractivity contribution in [3.05, 3.63) is 52.3 Å². The van der Waals surface area contributed by atoms with Crippen molar-refractivity contribution in [2.75, 3.05) is 0 Å². The first-order chi connectivity index (χ1) is 10.0. The highest BCUT2D eigenvalue weighted by molar-refractivity contribution is 5.88. The Labute approximate surface area is 119 Å². The zero-order valence-electron chi connectivity index (χ0n) is 11.1. The van der Waals surface area contributed by atoms with Crippen LogP contribution in [0.4, 0.5) is 4.39 Å². The lowest BCUT2D eigenvalue weighted by Crippen LogP contribution is -2.20. The molecule has 1 aliphatic rings. The fourth-order valence-electron chi connectivity index (χ4n) is 2.21. The number of carboxylic acids is 1. The Morgan fingerprint density at radius 3 is 2.71 bits per heavy atom. The molecule has 0 amide bonds. The molecule has 1 saturated carbocycles. The number of aromatic nitrogens is 2. The molecule has 0 saturated heterocycles. The summed E-state index contributed by atoms with van der Waals surface area (Å²) >= 11 is 0. The SMILES string of the molecule is O=C(O)c1cn(CC2CC2)cc(-c2ccc(F)cn2)c1=O. The van der Waals surface area contributed by atoms with Crippen LogP contribution in [-0.2, 0) is 6.54 Å². The van der Waals surface area contributed by atoms with Gasteiger partial charge in [-0.15, -0.1) is 0 Å². The number of carboxylic acid groups (broad SMARTS) is 1. The summed E-state index contributed by atoms with van der Waals surface area (Å²) in [6.07, 6.45) is 6.17. The van der Waals surface area contributed by atoms with Gasteiger partial charge in [0.2, 0.25) is 5.43 Å². The summed E-state index contributed by atoms with van der Waals surface area (Å²) < 4.78 is 14.6. The van der Waals surface area contributed by atoms with Crippen LogP contribution in [0.3, 0.4) is 0 Å². The minimum absolute atomic E-state index is 0.176. The first-order valence-electron chi connectivity index (χ1n) is 6.64. The molecular formula is C15H13FN2O3. The molecule has 1 aliphatic carbocycles.